The lowest BCUT2D eigenvalue weighted by Crippen LogP contribution is -2.23. The molecular weight excluding hydrogens is 339 g/mol. The molecule has 0 spiro atoms. The maximum Gasteiger partial charge on any atom is 0.220 e. The van der Waals surface area contributed by atoms with E-state index in [0.717, 1.165) is 23.0 Å². The Morgan fingerprint density at radius 1 is 1.44 bits per heavy atom. The van der Waals surface area contributed by atoms with Crippen molar-refractivity contribution in [2.45, 2.75) is 19.4 Å². The molecule has 18 heavy (non-hydrogen) atoms. The first-order valence-electron chi connectivity index (χ1n) is 5.48. The van der Waals surface area contributed by atoms with Crippen molar-refractivity contribution in [3.8, 4) is 0 Å². The normalized spacial score (nSPS) is 9.72. The third-order valence-corrected chi connectivity index (χ3v) is 3.17. The molecule has 1 rings (SSSR count). The Morgan fingerprint density at radius 2 is 2.17 bits per heavy atom. The lowest BCUT2D eigenvalue weighted by Gasteiger charge is -2.07. The number of rotatable bonds is 6. The first-order chi connectivity index (χ1) is 8.13. The van der Waals surface area contributed by atoms with Gasteiger partial charge >= 0.3 is 0 Å². The number of hydrogen-bond acceptors (Lipinski definition) is 2. The molecule has 3 nitrogen and oxygen atoms in total. The fraction of sp³-hybridized carbons (Fsp3) is 0.417. The fourth-order valence-electron chi connectivity index (χ4n) is 1.37. The van der Waals surface area contributed by atoms with Crippen LogP contribution in [0, 0.1) is 0 Å². The minimum Gasteiger partial charge on any atom is -0.352 e. The molecule has 1 aromatic rings. The van der Waals surface area contributed by atoms with Crippen LogP contribution in [0.5, 0.6) is 0 Å². The van der Waals surface area contributed by atoms with E-state index in [1.165, 1.54) is 0 Å². The zero-order chi connectivity index (χ0) is 12.7. The Bertz CT molecular complexity index is 388. The van der Waals surface area contributed by atoms with Crippen LogP contribution in [0.3, 0.4) is 0 Å². The van der Waals surface area contributed by atoms with E-state index in [9.17, 15) is 4.79 Å². The lowest BCUT2D eigenvalue weighted by molar-refractivity contribution is -0.121. The van der Waals surface area contributed by atoms with Crippen LogP contribution in [0.1, 0.15) is 18.4 Å². The number of amides is 1. The van der Waals surface area contributed by atoms with Crippen molar-refractivity contribution < 1.29 is 4.79 Å². The number of halogens is 3. The highest BCUT2D eigenvalue weighted by atomic mass is 79.9. The van der Waals surface area contributed by atoms with Crippen molar-refractivity contribution in [3.05, 3.63) is 33.3 Å². The summed E-state index contributed by atoms with van der Waals surface area (Å²) in [4.78, 5) is 11.5. The van der Waals surface area contributed by atoms with Crippen molar-refractivity contribution in [2.75, 3.05) is 13.6 Å². The molecule has 0 unspecified atom stereocenters. The van der Waals surface area contributed by atoms with E-state index < -0.39 is 0 Å². The highest BCUT2D eigenvalue weighted by Crippen LogP contribution is 2.21. The van der Waals surface area contributed by atoms with Gasteiger partial charge in [0, 0.05) is 22.5 Å². The van der Waals surface area contributed by atoms with Gasteiger partial charge in [0.2, 0.25) is 5.91 Å². The summed E-state index contributed by atoms with van der Waals surface area (Å²) < 4.78 is 0.937. The zero-order valence-corrected chi connectivity index (χ0v) is 13.3. The fourth-order valence-corrected chi connectivity index (χ4v) is 2.11. The third kappa shape index (κ3) is 6.59. The average Bonchev–Trinajstić information content (AvgIpc) is 2.28. The van der Waals surface area contributed by atoms with Crippen LogP contribution in [0.25, 0.3) is 0 Å². The van der Waals surface area contributed by atoms with Crippen molar-refractivity contribution in [1.29, 1.82) is 0 Å². The molecule has 0 aliphatic carbocycles. The van der Waals surface area contributed by atoms with Crippen molar-refractivity contribution in [1.82, 2.24) is 10.6 Å². The average molecular weight is 356 g/mol. The summed E-state index contributed by atoms with van der Waals surface area (Å²) in [6.07, 6.45) is 1.38. The second kappa shape index (κ2) is 9.62. The lowest BCUT2D eigenvalue weighted by atomic mass is 10.2. The van der Waals surface area contributed by atoms with E-state index in [-0.39, 0.29) is 18.3 Å². The minimum atomic E-state index is 0. The van der Waals surface area contributed by atoms with Crippen LogP contribution < -0.4 is 10.6 Å². The predicted molar refractivity (Wildman–Crippen MR) is 81.4 cm³/mol. The maximum atomic E-state index is 11.5. The number of carbonyl (C=O) groups is 1. The second-order valence-electron chi connectivity index (χ2n) is 3.72. The van der Waals surface area contributed by atoms with Crippen LogP contribution in [0.15, 0.2) is 22.7 Å². The molecule has 6 heteroatoms. The summed E-state index contributed by atoms with van der Waals surface area (Å²) in [5.41, 5.74) is 0.928. The smallest absolute Gasteiger partial charge is 0.220 e. The summed E-state index contributed by atoms with van der Waals surface area (Å²) in [7, 11) is 1.87. The van der Waals surface area contributed by atoms with Crippen LogP contribution in [0.4, 0.5) is 0 Å². The molecule has 0 saturated heterocycles. The molecule has 0 saturated carbocycles. The van der Waals surface area contributed by atoms with Gasteiger partial charge in [-0.15, -0.1) is 12.4 Å². The Balaban J connectivity index is 0.00000289. The summed E-state index contributed by atoms with van der Waals surface area (Å²) in [6, 6.07) is 5.64. The first-order valence-corrected chi connectivity index (χ1v) is 6.66. The number of nitrogens with one attached hydrogen (secondary N) is 2. The van der Waals surface area contributed by atoms with E-state index in [2.05, 4.69) is 26.6 Å². The molecular formula is C12H17BrCl2N2O. The van der Waals surface area contributed by atoms with Gasteiger partial charge in [-0.1, -0.05) is 33.6 Å². The quantitative estimate of drug-likeness (QED) is 0.769. The molecule has 2 N–H and O–H groups in total. The van der Waals surface area contributed by atoms with Gasteiger partial charge < -0.3 is 10.6 Å². The van der Waals surface area contributed by atoms with Gasteiger partial charge in [0.05, 0.1) is 0 Å². The van der Waals surface area contributed by atoms with Crippen molar-refractivity contribution in [3.63, 3.8) is 0 Å². The Morgan fingerprint density at radius 3 is 2.78 bits per heavy atom. The van der Waals surface area contributed by atoms with E-state index in [1.54, 1.807) is 0 Å². The Kier molecular flexibility index (Phi) is 9.46. The molecule has 0 bridgehead atoms. The molecule has 0 fully saturated rings. The molecule has 0 aliphatic rings. The summed E-state index contributed by atoms with van der Waals surface area (Å²) in [5, 5.41) is 6.52. The van der Waals surface area contributed by atoms with Crippen LogP contribution in [-0.2, 0) is 11.3 Å². The second-order valence-corrected chi connectivity index (χ2v) is 5.04. The van der Waals surface area contributed by atoms with E-state index in [4.69, 9.17) is 11.6 Å². The zero-order valence-electron chi connectivity index (χ0n) is 10.1. The Hall–Kier alpha value is -0.290. The molecule has 1 amide bonds. The van der Waals surface area contributed by atoms with Gasteiger partial charge in [0.1, 0.15) is 0 Å². The maximum absolute atomic E-state index is 11.5. The molecule has 0 heterocycles. The topological polar surface area (TPSA) is 41.1 Å². The highest BCUT2D eigenvalue weighted by molar-refractivity contribution is 9.10. The first kappa shape index (κ1) is 17.7. The van der Waals surface area contributed by atoms with E-state index >= 15 is 0 Å². The molecule has 102 valence electrons. The van der Waals surface area contributed by atoms with E-state index in [0.29, 0.717) is 18.0 Å². The summed E-state index contributed by atoms with van der Waals surface area (Å²) in [6.45, 7) is 1.33. The monoisotopic (exact) mass is 354 g/mol. The van der Waals surface area contributed by atoms with Gasteiger partial charge in [0.25, 0.3) is 0 Å². The molecule has 0 aromatic heterocycles. The van der Waals surface area contributed by atoms with Crippen molar-refractivity contribution >= 4 is 45.8 Å². The van der Waals surface area contributed by atoms with Gasteiger partial charge in [0.15, 0.2) is 0 Å². The molecule has 0 atom stereocenters. The van der Waals surface area contributed by atoms with Crippen molar-refractivity contribution in [2.24, 2.45) is 0 Å². The third-order valence-electron chi connectivity index (χ3n) is 2.32. The SMILES string of the molecule is CNCCCC(=O)NCc1ccc(Br)cc1Cl.Cl. The largest absolute Gasteiger partial charge is 0.352 e. The van der Waals surface area contributed by atoms with Gasteiger partial charge in [-0.3, -0.25) is 4.79 Å². The summed E-state index contributed by atoms with van der Waals surface area (Å²) in [5.74, 6) is 0.0548. The summed E-state index contributed by atoms with van der Waals surface area (Å²) >= 11 is 9.39. The van der Waals surface area contributed by atoms with E-state index in [1.807, 2.05) is 25.2 Å². The number of hydrogen-bond donors (Lipinski definition) is 2. The van der Waals surface area contributed by atoms with Crippen LogP contribution >= 0.6 is 39.9 Å². The van der Waals surface area contributed by atoms with Crippen LogP contribution in [-0.4, -0.2) is 19.5 Å². The molecule has 0 radical (unpaired) electrons. The minimum absolute atomic E-state index is 0. The highest BCUT2D eigenvalue weighted by Gasteiger charge is 2.04. The van der Waals surface area contributed by atoms with Gasteiger partial charge in [-0.25, -0.2) is 0 Å². The van der Waals surface area contributed by atoms with Gasteiger partial charge in [-0.2, -0.15) is 0 Å². The standard InChI is InChI=1S/C12H16BrClN2O.ClH/c1-15-6-2-3-12(17)16-8-9-4-5-10(13)7-11(9)14;/h4-5,7,15H,2-3,6,8H2,1H3,(H,16,17);1H. The Labute approximate surface area is 127 Å². The van der Waals surface area contributed by atoms with Gasteiger partial charge in [-0.05, 0) is 37.7 Å². The predicted octanol–water partition coefficient (Wildman–Crippen LogP) is 3.14. The number of carbonyl (C=O) groups excluding carboxylic acids is 1. The molecule has 0 aliphatic heterocycles. The number of benzene rings is 1. The molecule has 1 aromatic carbocycles. The van der Waals surface area contributed by atoms with Crippen LogP contribution in [0.2, 0.25) is 5.02 Å².